The van der Waals surface area contributed by atoms with Crippen molar-refractivity contribution in [3.63, 3.8) is 0 Å². The second-order valence-electron chi connectivity index (χ2n) is 3.82. The highest BCUT2D eigenvalue weighted by Crippen LogP contribution is 2.29. The van der Waals surface area contributed by atoms with Gasteiger partial charge in [-0.1, -0.05) is 13.0 Å². The van der Waals surface area contributed by atoms with E-state index in [0.29, 0.717) is 28.7 Å². The predicted octanol–water partition coefficient (Wildman–Crippen LogP) is 2.28. The average molecular weight is 376 g/mol. The summed E-state index contributed by atoms with van der Waals surface area (Å²) < 4.78 is 13.8. The SMILES string of the molecule is CCCNC(=O)/C(C#N)=N/NC1=CCCC(F)=C1I. The van der Waals surface area contributed by atoms with Gasteiger partial charge in [-0.05, 0) is 35.4 Å². The summed E-state index contributed by atoms with van der Waals surface area (Å²) >= 11 is 1.86. The van der Waals surface area contributed by atoms with Gasteiger partial charge in [-0.25, -0.2) is 4.39 Å². The number of halogens is 2. The molecule has 5 nitrogen and oxygen atoms in total. The number of amides is 1. The highest BCUT2D eigenvalue weighted by Gasteiger charge is 2.15. The number of nitrogens with one attached hydrogen (secondary N) is 2. The Morgan fingerprint density at radius 2 is 2.42 bits per heavy atom. The molecule has 0 aromatic heterocycles. The van der Waals surface area contributed by atoms with Gasteiger partial charge in [0, 0.05) is 13.0 Å². The molecule has 0 bridgehead atoms. The smallest absolute Gasteiger partial charge is 0.282 e. The first-order valence-electron chi connectivity index (χ1n) is 5.86. The van der Waals surface area contributed by atoms with Crippen molar-refractivity contribution in [1.82, 2.24) is 10.7 Å². The second-order valence-corrected chi connectivity index (χ2v) is 4.89. The monoisotopic (exact) mass is 376 g/mol. The fraction of sp³-hybridized carbons (Fsp3) is 0.417. The van der Waals surface area contributed by atoms with E-state index in [2.05, 4.69) is 15.8 Å². The summed E-state index contributed by atoms with van der Waals surface area (Å²) in [6.45, 7) is 2.39. The molecule has 0 fully saturated rings. The number of hydrogen-bond acceptors (Lipinski definition) is 4. The molecule has 1 aliphatic carbocycles. The maximum Gasteiger partial charge on any atom is 0.282 e. The molecule has 0 spiro atoms. The second kappa shape index (κ2) is 7.89. The van der Waals surface area contributed by atoms with Gasteiger partial charge in [0.25, 0.3) is 5.91 Å². The summed E-state index contributed by atoms with van der Waals surface area (Å²) in [6, 6.07) is 1.71. The molecule has 1 amide bonds. The zero-order valence-electron chi connectivity index (χ0n) is 10.5. The Labute approximate surface area is 124 Å². The Morgan fingerprint density at radius 3 is 3.05 bits per heavy atom. The van der Waals surface area contributed by atoms with Crippen LogP contribution in [-0.4, -0.2) is 18.2 Å². The van der Waals surface area contributed by atoms with Crippen LogP contribution in [0.15, 0.2) is 26.3 Å². The zero-order chi connectivity index (χ0) is 14.3. The molecule has 1 aliphatic rings. The standard InChI is InChI=1S/C12H14FIN4O/c1-2-6-16-12(19)10(7-15)18-17-9-5-3-4-8(13)11(9)14/h5,17H,2-4,6H2,1H3,(H,16,19)/b18-10+. The number of hydrazone groups is 1. The largest absolute Gasteiger partial charge is 0.350 e. The summed E-state index contributed by atoms with van der Waals surface area (Å²) in [5, 5.41) is 15.1. The van der Waals surface area contributed by atoms with Crippen molar-refractivity contribution in [2.24, 2.45) is 5.10 Å². The highest BCUT2D eigenvalue weighted by molar-refractivity contribution is 14.1. The molecule has 0 aromatic carbocycles. The van der Waals surface area contributed by atoms with Gasteiger partial charge in [0.2, 0.25) is 5.71 Å². The Balaban J connectivity index is 2.71. The number of rotatable bonds is 5. The van der Waals surface area contributed by atoms with E-state index in [9.17, 15) is 9.18 Å². The lowest BCUT2D eigenvalue weighted by Crippen LogP contribution is -2.32. The first kappa shape index (κ1) is 15.6. The summed E-state index contributed by atoms with van der Waals surface area (Å²) in [5.41, 5.74) is 2.78. The van der Waals surface area contributed by atoms with E-state index in [0.717, 1.165) is 6.42 Å². The van der Waals surface area contributed by atoms with Gasteiger partial charge in [-0.15, -0.1) is 0 Å². The van der Waals surface area contributed by atoms with Crippen molar-refractivity contribution in [2.45, 2.75) is 26.2 Å². The molecule has 7 heteroatoms. The van der Waals surface area contributed by atoms with Gasteiger partial charge in [0.15, 0.2) is 0 Å². The molecule has 19 heavy (non-hydrogen) atoms. The van der Waals surface area contributed by atoms with Gasteiger partial charge < -0.3 is 5.32 Å². The third-order valence-electron chi connectivity index (χ3n) is 2.33. The fourth-order valence-electron chi connectivity index (χ4n) is 1.35. The van der Waals surface area contributed by atoms with E-state index in [1.807, 2.05) is 29.5 Å². The topological polar surface area (TPSA) is 77.3 Å². The molecule has 0 saturated heterocycles. The molecule has 0 radical (unpaired) electrons. The van der Waals surface area contributed by atoms with Gasteiger partial charge >= 0.3 is 0 Å². The average Bonchev–Trinajstić information content (AvgIpc) is 2.41. The lowest BCUT2D eigenvalue weighted by molar-refractivity contribution is -0.114. The minimum atomic E-state index is -0.535. The Kier molecular flexibility index (Phi) is 6.49. The molecule has 0 aliphatic heterocycles. The highest BCUT2D eigenvalue weighted by atomic mass is 127. The summed E-state index contributed by atoms with van der Waals surface area (Å²) in [5.74, 6) is -0.748. The van der Waals surface area contributed by atoms with Crippen LogP contribution in [0.25, 0.3) is 0 Å². The van der Waals surface area contributed by atoms with Crippen LogP contribution in [0.2, 0.25) is 0 Å². The van der Waals surface area contributed by atoms with E-state index in [1.54, 1.807) is 12.1 Å². The normalized spacial score (nSPS) is 15.7. The molecule has 0 atom stereocenters. The lowest BCUT2D eigenvalue weighted by Gasteiger charge is -2.12. The number of nitriles is 1. The maximum atomic E-state index is 13.4. The molecule has 0 aromatic rings. The van der Waals surface area contributed by atoms with Crippen LogP contribution in [0.1, 0.15) is 26.2 Å². The van der Waals surface area contributed by atoms with E-state index >= 15 is 0 Å². The number of nitrogens with zero attached hydrogens (tertiary/aromatic N) is 2. The van der Waals surface area contributed by atoms with Crippen molar-refractivity contribution >= 4 is 34.2 Å². The Hall–Kier alpha value is -1.43. The van der Waals surface area contributed by atoms with E-state index in [1.165, 1.54) is 0 Å². The van der Waals surface area contributed by atoms with Gasteiger partial charge in [-0.3, -0.25) is 10.2 Å². The Bertz CT molecular complexity index is 490. The first-order valence-corrected chi connectivity index (χ1v) is 6.94. The molecular formula is C12H14FIN4O. The number of carbonyl (C=O) groups excluding carboxylic acids is 1. The fourth-order valence-corrected chi connectivity index (χ4v) is 1.96. The summed E-state index contributed by atoms with van der Waals surface area (Å²) in [6.07, 6.45) is 3.50. The third kappa shape index (κ3) is 4.63. The zero-order valence-corrected chi connectivity index (χ0v) is 12.6. The molecular weight excluding hydrogens is 362 g/mol. The van der Waals surface area contributed by atoms with Crippen LogP contribution in [0.4, 0.5) is 4.39 Å². The molecule has 0 saturated carbocycles. The third-order valence-corrected chi connectivity index (χ3v) is 3.50. The molecule has 102 valence electrons. The minimum Gasteiger partial charge on any atom is -0.350 e. The van der Waals surface area contributed by atoms with Crippen LogP contribution in [0.5, 0.6) is 0 Å². The number of allylic oxidation sites excluding steroid dienone is 3. The van der Waals surface area contributed by atoms with Crippen molar-refractivity contribution in [3.05, 3.63) is 21.2 Å². The van der Waals surface area contributed by atoms with Crippen molar-refractivity contribution in [2.75, 3.05) is 6.54 Å². The van der Waals surface area contributed by atoms with Crippen molar-refractivity contribution < 1.29 is 9.18 Å². The molecule has 0 unspecified atom stereocenters. The first-order chi connectivity index (χ1) is 9.10. The van der Waals surface area contributed by atoms with Crippen LogP contribution in [0.3, 0.4) is 0 Å². The summed E-state index contributed by atoms with van der Waals surface area (Å²) in [7, 11) is 0. The van der Waals surface area contributed by atoms with Gasteiger partial charge in [0.05, 0.1) is 9.28 Å². The van der Waals surface area contributed by atoms with Crippen molar-refractivity contribution in [3.8, 4) is 6.07 Å². The number of hydrogen-bond donors (Lipinski definition) is 2. The van der Waals surface area contributed by atoms with Crippen LogP contribution in [-0.2, 0) is 4.79 Å². The quantitative estimate of drug-likeness (QED) is 0.439. The van der Waals surface area contributed by atoms with Gasteiger partial charge in [-0.2, -0.15) is 10.4 Å². The number of carbonyl (C=O) groups is 1. The van der Waals surface area contributed by atoms with Gasteiger partial charge in [0.1, 0.15) is 11.9 Å². The van der Waals surface area contributed by atoms with Crippen LogP contribution >= 0.6 is 22.6 Å². The lowest BCUT2D eigenvalue weighted by atomic mass is 10.1. The van der Waals surface area contributed by atoms with Crippen LogP contribution in [0, 0.1) is 11.3 Å². The van der Waals surface area contributed by atoms with E-state index in [4.69, 9.17) is 5.26 Å². The predicted molar refractivity (Wildman–Crippen MR) is 79.0 cm³/mol. The summed E-state index contributed by atoms with van der Waals surface area (Å²) in [4.78, 5) is 11.5. The van der Waals surface area contributed by atoms with Crippen molar-refractivity contribution in [1.29, 1.82) is 5.26 Å². The van der Waals surface area contributed by atoms with Crippen LogP contribution < -0.4 is 10.7 Å². The van der Waals surface area contributed by atoms with E-state index in [-0.39, 0.29) is 11.5 Å². The van der Waals surface area contributed by atoms with E-state index < -0.39 is 5.91 Å². The maximum absolute atomic E-state index is 13.4. The minimum absolute atomic E-state index is 0.213. The Morgan fingerprint density at radius 1 is 1.68 bits per heavy atom. The molecule has 2 N–H and O–H groups in total. The molecule has 0 heterocycles. The molecule has 1 rings (SSSR count).